The van der Waals surface area contributed by atoms with Crippen molar-refractivity contribution < 1.29 is 4.79 Å². The normalized spacial score (nSPS) is 15.4. The second kappa shape index (κ2) is 7.85. The summed E-state index contributed by atoms with van der Waals surface area (Å²) in [4.78, 5) is 28.8. The Balaban J connectivity index is 1.48. The number of amides is 1. The third kappa shape index (κ3) is 3.64. The van der Waals surface area contributed by atoms with Crippen molar-refractivity contribution in [2.75, 3.05) is 0 Å². The molecule has 4 rings (SSSR count). The summed E-state index contributed by atoms with van der Waals surface area (Å²) in [7, 11) is 2.96. The molecular weight excluding hydrogens is 409 g/mol. The molecule has 0 spiro atoms. The molecule has 1 aromatic heterocycles. The van der Waals surface area contributed by atoms with Gasteiger partial charge in [0, 0.05) is 18.1 Å². The number of fused-ring (bicyclic) bond motifs is 2. The molecule has 1 amide bonds. The highest BCUT2D eigenvalue weighted by Gasteiger charge is 2.28. The summed E-state index contributed by atoms with van der Waals surface area (Å²) in [6, 6.07) is 0. The van der Waals surface area contributed by atoms with Gasteiger partial charge in [-0.1, -0.05) is 5.18 Å². The minimum absolute atomic E-state index is 0.00855. The van der Waals surface area contributed by atoms with E-state index in [0.717, 1.165) is 34.9 Å². The highest BCUT2D eigenvalue weighted by Crippen LogP contribution is 2.36. The summed E-state index contributed by atoms with van der Waals surface area (Å²) >= 11 is 2.62. The van der Waals surface area contributed by atoms with Crippen molar-refractivity contribution in [3.05, 3.63) is 43.8 Å². The molecule has 0 saturated heterocycles. The lowest BCUT2D eigenvalue weighted by atomic mass is 9.92. The predicted octanol–water partition coefficient (Wildman–Crippen LogP) is 3.99. The van der Waals surface area contributed by atoms with E-state index in [9.17, 15) is 9.70 Å². The number of hydrogen-bond acceptors (Lipinski definition) is 6. The van der Waals surface area contributed by atoms with Gasteiger partial charge in [-0.2, -0.15) is 0 Å². The molecule has 28 heavy (non-hydrogen) atoms. The van der Waals surface area contributed by atoms with Crippen LogP contribution < -0.4 is 10.0 Å². The standard InChI is InChI=1S/C20H24N3O2PS2/c1-20(2,23-25)16-10-21-19(27-16)28-22-17(24)9-15-11-5-3-7-13(11)18(26)14-8-4-6-12(14)15/h10H,3-9,26H2,1-2H3,(H,22,24). The Labute approximate surface area is 175 Å². The maximum atomic E-state index is 12.7. The van der Waals surface area contributed by atoms with Gasteiger partial charge in [0.15, 0.2) is 4.34 Å². The minimum Gasteiger partial charge on any atom is -0.294 e. The van der Waals surface area contributed by atoms with Gasteiger partial charge in [-0.05, 0) is 85.5 Å². The van der Waals surface area contributed by atoms with Gasteiger partial charge in [0.25, 0.3) is 0 Å². The van der Waals surface area contributed by atoms with E-state index in [1.54, 1.807) is 20.0 Å². The minimum atomic E-state index is -0.790. The first-order chi connectivity index (χ1) is 13.4. The van der Waals surface area contributed by atoms with Crippen molar-refractivity contribution in [1.29, 1.82) is 0 Å². The molecule has 2 aliphatic rings. The smallest absolute Gasteiger partial charge is 0.234 e. The van der Waals surface area contributed by atoms with E-state index >= 15 is 0 Å². The zero-order valence-electron chi connectivity index (χ0n) is 16.1. The van der Waals surface area contributed by atoms with Crippen LogP contribution in [0.4, 0.5) is 0 Å². The van der Waals surface area contributed by atoms with Gasteiger partial charge in [-0.15, -0.1) is 25.5 Å². The number of aromatic nitrogens is 1. The molecule has 1 atom stereocenters. The number of hydrogen-bond donors (Lipinski definition) is 1. The largest absolute Gasteiger partial charge is 0.294 e. The first-order valence-electron chi connectivity index (χ1n) is 9.61. The van der Waals surface area contributed by atoms with Crippen molar-refractivity contribution in [2.45, 2.75) is 68.7 Å². The van der Waals surface area contributed by atoms with Crippen molar-refractivity contribution in [1.82, 2.24) is 9.71 Å². The molecule has 1 N–H and O–H groups in total. The van der Waals surface area contributed by atoms with E-state index in [0.29, 0.717) is 6.42 Å². The van der Waals surface area contributed by atoms with E-state index in [1.165, 1.54) is 69.2 Å². The van der Waals surface area contributed by atoms with Gasteiger partial charge in [0.2, 0.25) is 5.91 Å². The van der Waals surface area contributed by atoms with E-state index < -0.39 is 5.54 Å². The van der Waals surface area contributed by atoms with E-state index in [4.69, 9.17) is 0 Å². The lowest BCUT2D eigenvalue weighted by Crippen LogP contribution is -2.21. The molecule has 1 unspecified atom stereocenters. The van der Waals surface area contributed by atoms with Gasteiger partial charge in [0.1, 0.15) is 5.54 Å². The Morgan fingerprint density at radius 2 is 1.82 bits per heavy atom. The Morgan fingerprint density at radius 1 is 1.21 bits per heavy atom. The van der Waals surface area contributed by atoms with Crippen LogP contribution >= 0.6 is 32.5 Å². The van der Waals surface area contributed by atoms with Gasteiger partial charge in [-0.25, -0.2) is 4.98 Å². The molecule has 0 radical (unpaired) electrons. The quantitative estimate of drug-likeness (QED) is 0.425. The van der Waals surface area contributed by atoms with Crippen LogP contribution in [0.1, 0.15) is 59.4 Å². The van der Waals surface area contributed by atoms with E-state index in [1.807, 2.05) is 0 Å². The fourth-order valence-corrected chi connectivity index (χ4v) is 6.52. The Morgan fingerprint density at radius 3 is 2.43 bits per heavy atom. The lowest BCUT2D eigenvalue weighted by molar-refractivity contribution is -0.118. The highest BCUT2D eigenvalue weighted by molar-refractivity contribution is 7.99. The molecular formula is C20H24N3O2PS2. The van der Waals surface area contributed by atoms with Crippen LogP contribution in [0.3, 0.4) is 0 Å². The van der Waals surface area contributed by atoms with Crippen molar-refractivity contribution in [2.24, 2.45) is 5.18 Å². The van der Waals surface area contributed by atoms with Gasteiger partial charge >= 0.3 is 0 Å². The number of nitrogens with one attached hydrogen (secondary N) is 1. The van der Waals surface area contributed by atoms with Crippen LogP contribution in [0.5, 0.6) is 0 Å². The molecule has 1 heterocycles. The maximum Gasteiger partial charge on any atom is 0.234 e. The molecule has 0 bridgehead atoms. The number of nitroso groups, excluding NO2 is 1. The van der Waals surface area contributed by atoms with Gasteiger partial charge in [-0.3, -0.25) is 9.52 Å². The average molecular weight is 434 g/mol. The van der Waals surface area contributed by atoms with Crippen LogP contribution in [0.2, 0.25) is 0 Å². The summed E-state index contributed by atoms with van der Waals surface area (Å²) in [6.45, 7) is 3.52. The third-order valence-electron chi connectivity index (χ3n) is 5.72. The van der Waals surface area contributed by atoms with E-state index in [-0.39, 0.29) is 5.91 Å². The number of nitrogens with zero attached hydrogens (tertiary/aromatic N) is 2. The number of benzene rings is 1. The fraction of sp³-hybridized carbons (Fsp3) is 0.500. The van der Waals surface area contributed by atoms with Crippen LogP contribution in [0, 0.1) is 4.91 Å². The zero-order chi connectivity index (χ0) is 19.9. The van der Waals surface area contributed by atoms with Crippen LogP contribution in [-0.4, -0.2) is 10.9 Å². The zero-order valence-corrected chi connectivity index (χ0v) is 18.9. The molecule has 0 saturated carbocycles. The second-order valence-electron chi connectivity index (χ2n) is 7.96. The fourth-order valence-electron chi connectivity index (χ4n) is 4.26. The number of carbonyl (C=O) groups excluding carboxylic acids is 1. The third-order valence-corrected chi connectivity index (χ3v) is 8.63. The maximum absolute atomic E-state index is 12.7. The second-order valence-corrected chi connectivity index (χ2v) is 10.6. The number of thiazole rings is 1. The van der Waals surface area contributed by atoms with Gasteiger partial charge in [0.05, 0.1) is 11.3 Å². The summed E-state index contributed by atoms with van der Waals surface area (Å²) in [5.41, 5.74) is 6.25. The molecule has 0 fully saturated rings. The molecule has 148 valence electrons. The number of rotatable bonds is 6. The first-order valence-corrected chi connectivity index (χ1v) is 11.8. The summed E-state index contributed by atoms with van der Waals surface area (Å²) in [5.74, 6) is 0.00855. The Kier molecular flexibility index (Phi) is 5.60. The lowest BCUT2D eigenvalue weighted by Gasteiger charge is -2.17. The van der Waals surface area contributed by atoms with E-state index in [2.05, 4.69) is 24.1 Å². The first kappa shape index (κ1) is 20.0. The molecule has 2 aromatic rings. The van der Waals surface area contributed by atoms with Gasteiger partial charge < -0.3 is 0 Å². The predicted molar refractivity (Wildman–Crippen MR) is 118 cm³/mol. The summed E-state index contributed by atoms with van der Waals surface area (Å²) in [6.07, 6.45) is 8.91. The SMILES string of the molecule is CC(C)(N=O)c1cnc(SNC(=O)Cc2c3c(c(P)c4c2CCC4)CCC3)s1. The number of carbonyl (C=O) groups is 1. The molecule has 0 aliphatic heterocycles. The molecule has 8 heteroatoms. The van der Waals surface area contributed by atoms with Crippen LogP contribution in [0.15, 0.2) is 15.7 Å². The van der Waals surface area contributed by atoms with Crippen LogP contribution in [0.25, 0.3) is 0 Å². The summed E-state index contributed by atoms with van der Waals surface area (Å²) in [5, 5.41) is 4.55. The van der Waals surface area contributed by atoms with Crippen molar-refractivity contribution >= 4 is 43.7 Å². The Bertz CT molecular complexity index is 920. The molecule has 1 aromatic carbocycles. The van der Waals surface area contributed by atoms with Crippen molar-refractivity contribution in [3.63, 3.8) is 0 Å². The highest BCUT2D eigenvalue weighted by atomic mass is 32.2. The molecule has 5 nitrogen and oxygen atoms in total. The topological polar surface area (TPSA) is 71.4 Å². The van der Waals surface area contributed by atoms with Crippen molar-refractivity contribution in [3.8, 4) is 0 Å². The Hall–Kier alpha value is -1.30. The molecule has 2 aliphatic carbocycles. The summed E-state index contributed by atoms with van der Waals surface area (Å²) < 4.78 is 3.66. The van der Waals surface area contributed by atoms with Crippen LogP contribution in [-0.2, 0) is 42.4 Å². The average Bonchev–Trinajstić information content (AvgIpc) is 3.43. The monoisotopic (exact) mass is 433 g/mol.